The Balaban J connectivity index is 1.28. The molecule has 11 heteroatoms. The number of aromatic nitrogens is 3. The lowest BCUT2D eigenvalue weighted by atomic mass is 9.95. The number of nitrogens with zero attached hydrogens (tertiary/aromatic N) is 5. The summed E-state index contributed by atoms with van der Waals surface area (Å²) in [6.45, 7) is 5.01. The molecule has 0 radical (unpaired) electrons. The summed E-state index contributed by atoms with van der Waals surface area (Å²) in [7, 11) is 0. The molecule has 6 heterocycles. The van der Waals surface area contributed by atoms with Crippen molar-refractivity contribution in [2.75, 3.05) is 37.7 Å². The first-order valence-corrected chi connectivity index (χ1v) is 15.7. The van der Waals surface area contributed by atoms with Crippen LogP contribution in [0.4, 0.5) is 14.5 Å². The van der Waals surface area contributed by atoms with Crippen LogP contribution in [0.5, 0.6) is 11.6 Å². The van der Waals surface area contributed by atoms with Crippen molar-refractivity contribution in [1.82, 2.24) is 25.0 Å². The summed E-state index contributed by atoms with van der Waals surface area (Å²) in [5.74, 6) is -0.120. The van der Waals surface area contributed by atoms with Gasteiger partial charge in [-0.05, 0) is 61.7 Å². The number of hydrogen-bond donors (Lipinski definition) is 2. The molecule has 4 atom stereocenters. The number of piperazine rings is 1. The number of phenolic OH excluding ortho intramolecular Hbond substituents is 1. The average Bonchev–Trinajstić information content (AvgIpc) is 3.66. The summed E-state index contributed by atoms with van der Waals surface area (Å²) in [4.78, 5) is 23.5. The van der Waals surface area contributed by atoms with Crippen molar-refractivity contribution in [3.63, 3.8) is 0 Å². The molecule has 230 valence electrons. The van der Waals surface area contributed by atoms with Gasteiger partial charge in [-0.2, -0.15) is 9.78 Å². The number of alkyl halides is 1. The number of anilines is 1. The third-order valence-corrected chi connectivity index (χ3v) is 10.2. The van der Waals surface area contributed by atoms with E-state index < -0.39 is 11.7 Å². The lowest BCUT2D eigenvalue weighted by molar-refractivity contribution is 0.111. The highest BCUT2D eigenvalue weighted by Gasteiger charge is 2.49. The van der Waals surface area contributed by atoms with Crippen LogP contribution < -0.4 is 20.5 Å². The minimum absolute atomic E-state index is 0.0555. The van der Waals surface area contributed by atoms with Crippen molar-refractivity contribution in [2.24, 2.45) is 0 Å². The largest absolute Gasteiger partial charge is 0.508 e. The number of pyridine rings is 1. The molecule has 0 amide bonds. The number of fused-ring (bicyclic) bond motifs is 5. The molecule has 0 saturated carbocycles. The fourth-order valence-corrected chi connectivity index (χ4v) is 8.22. The topological polar surface area (TPSA) is 95.8 Å². The van der Waals surface area contributed by atoms with E-state index >= 15 is 0 Å². The van der Waals surface area contributed by atoms with Gasteiger partial charge in [-0.3, -0.25) is 9.69 Å². The first-order valence-electron chi connectivity index (χ1n) is 15.7. The first-order chi connectivity index (χ1) is 21.3. The van der Waals surface area contributed by atoms with Crippen molar-refractivity contribution in [2.45, 2.75) is 69.2 Å². The van der Waals surface area contributed by atoms with Gasteiger partial charge in [-0.25, -0.2) is 13.8 Å². The van der Waals surface area contributed by atoms with E-state index in [0.29, 0.717) is 71.4 Å². The third kappa shape index (κ3) is 4.42. The molecule has 8 rings (SSSR count). The van der Waals surface area contributed by atoms with E-state index in [1.54, 1.807) is 18.3 Å². The number of ether oxygens (including phenoxy) is 1. The van der Waals surface area contributed by atoms with E-state index in [0.717, 1.165) is 51.0 Å². The van der Waals surface area contributed by atoms with Crippen LogP contribution in [-0.4, -0.2) is 81.4 Å². The monoisotopic (exact) mass is 602 g/mol. The van der Waals surface area contributed by atoms with Crippen molar-refractivity contribution < 1.29 is 18.6 Å². The maximum absolute atomic E-state index is 14.9. The van der Waals surface area contributed by atoms with Crippen LogP contribution in [0.3, 0.4) is 0 Å². The van der Waals surface area contributed by atoms with Gasteiger partial charge in [0.1, 0.15) is 29.9 Å². The Morgan fingerprint density at radius 3 is 2.75 bits per heavy atom. The van der Waals surface area contributed by atoms with Crippen LogP contribution in [0, 0.1) is 5.82 Å². The Hall–Kier alpha value is -3.83. The van der Waals surface area contributed by atoms with E-state index in [2.05, 4.69) is 20.2 Å². The Kier molecular flexibility index (Phi) is 6.53. The van der Waals surface area contributed by atoms with Gasteiger partial charge in [0.15, 0.2) is 0 Å². The zero-order chi connectivity index (χ0) is 30.2. The third-order valence-electron chi connectivity index (χ3n) is 10.2. The second-order valence-corrected chi connectivity index (χ2v) is 13.0. The number of rotatable bonds is 6. The molecule has 2 aromatic carbocycles. The molecular formula is C33H36F2N6O3. The summed E-state index contributed by atoms with van der Waals surface area (Å²) in [5.41, 5.74) is 0.895. The van der Waals surface area contributed by atoms with E-state index in [9.17, 15) is 18.7 Å². The minimum atomic E-state index is -0.872. The summed E-state index contributed by atoms with van der Waals surface area (Å²) < 4.78 is 37.0. The summed E-state index contributed by atoms with van der Waals surface area (Å²) in [6.07, 6.45) is 5.67. The fraction of sp³-hybridized carbons (Fsp3) is 0.485. The van der Waals surface area contributed by atoms with E-state index in [-0.39, 0.29) is 22.6 Å². The molecule has 44 heavy (non-hydrogen) atoms. The highest BCUT2D eigenvalue weighted by atomic mass is 19.1. The number of halogens is 2. The fourth-order valence-electron chi connectivity index (χ4n) is 8.22. The van der Waals surface area contributed by atoms with Gasteiger partial charge < -0.3 is 20.1 Å². The van der Waals surface area contributed by atoms with Crippen LogP contribution in [0.25, 0.3) is 27.4 Å². The van der Waals surface area contributed by atoms with Gasteiger partial charge in [0, 0.05) is 61.0 Å². The molecule has 4 aliphatic rings. The van der Waals surface area contributed by atoms with Gasteiger partial charge in [0.25, 0.3) is 5.56 Å². The average molecular weight is 603 g/mol. The maximum atomic E-state index is 14.9. The zero-order valence-corrected chi connectivity index (χ0v) is 24.7. The molecular weight excluding hydrogens is 566 g/mol. The van der Waals surface area contributed by atoms with Gasteiger partial charge in [0.2, 0.25) is 5.88 Å². The molecule has 2 N–H and O–H groups in total. The van der Waals surface area contributed by atoms with Crippen LogP contribution in [0.1, 0.15) is 44.6 Å². The summed E-state index contributed by atoms with van der Waals surface area (Å²) in [5, 5.41) is 20.5. The highest BCUT2D eigenvalue weighted by molar-refractivity contribution is 5.96. The second-order valence-electron chi connectivity index (χ2n) is 13.0. The van der Waals surface area contributed by atoms with Crippen molar-refractivity contribution in [3.8, 4) is 17.3 Å². The summed E-state index contributed by atoms with van der Waals surface area (Å²) >= 11 is 0. The highest BCUT2D eigenvalue weighted by Crippen LogP contribution is 2.41. The number of nitrogens with one attached hydrogen (secondary N) is 1. The number of phenols is 1. The van der Waals surface area contributed by atoms with E-state index in [4.69, 9.17) is 9.72 Å². The Labute approximate surface area is 253 Å². The normalized spacial score (nSPS) is 26.6. The Bertz CT molecular complexity index is 1840. The molecule has 2 unspecified atom stereocenters. The van der Waals surface area contributed by atoms with Gasteiger partial charge in [-0.1, -0.05) is 13.0 Å². The van der Waals surface area contributed by atoms with Gasteiger partial charge >= 0.3 is 0 Å². The van der Waals surface area contributed by atoms with E-state index in [1.807, 2.05) is 13.0 Å². The lowest BCUT2D eigenvalue weighted by Gasteiger charge is -2.35. The Morgan fingerprint density at radius 1 is 1.14 bits per heavy atom. The maximum Gasteiger partial charge on any atom is 0.298 e. The number of aromatic hydroxyl groups is 1. The van der Waals surface area contributed by atoms with E-state index in [1.165, 1.54) is 16.8 Å². The van der Waals surface area contributed by atoms with Gasteiger partial charge in [0.05, 0.1) is 23.1 Å². The molecule has 4 aliphatic heterocycles. The molecule has 4 aromatic rings. The van der Waals surface area contributed by atoms with Crippen molar-refractivity contribution in [3.05, 3.63) is 58.3 Å². The Morgan fingerprint density at radius 2 is 1.95 bits per heavy atom. The van der Waals surface area contributed by atoms with Crippen LogP contribution in [0.15, 0.2) is 41.3 Å². The molecule has 0 spiro atoms. The van der Waals surface area contributed by atoms with Crippen LogP contribution >= 0.6 is 0 Å². The molecule has 4 fully saturated rings. The quantitative estimate of drug-likeness (QED) is 0.339. The predicted molar refractivity (Wildman–Crippen MR) is 164 cm³/mol. The van der Waals surface area contributed by atoms with Crippen LogP contribution in [0.2, 0.25) is 0 Å². The number of benzene rings is 2. The molecule has 9 nitrogen and oxygen atoms in total. The SMILES string of the molecule is CCc1c(F)ccc2cc(O)cc(-n3ncc4c(N5CC6CCC(C5)N6)cc(OC[C@@]56CCCN5C[C@H](F)C6)nc4c3=O)c12. The van der Waals surface area contributed by atoms with Crippen molar-refractivity contribution in [1.29, 1.82) is 0 Å². The number of hydrogen-bond acceptors (Lipinski definition) is 8. The molecule has 2 bridgehead atoms. The number of aryl methyl sites for hydroxylation is 1. The molecule has 4 saturated heterocycles. The molecule has 0 aliphatic carbocycles. The standard InChI is InChI=1S/C33H36F2N6O3/c1-2-24-26(35)7-4-19-10-23(42)11-28(30(19)24)41-32(43)31-25(14-36-41)27(39-16-21-5-6-22(17-39)37-21)12-29(38-31)44-18-33-8-3-9-40(33)15-20(34)13-33/h4,7,10-12,14,20-22,37,42H,2-3,5-6,8-9,13,15-18H2,1H3/t20-,21?,22?,33+/m1/s1. The smallest absolute Gasteiger partial charge is 0.298 e. The van der Waals surface area contributed by atoms with Crippen molar-refractivity contribution >= 4 is 27.4 Å². The lowest BCUT2D eigenvalue weighted by Crippen LogP contribution is -2.51. The molecule has 2 aromatic heterocycles. The second kappa shape index (κ2) is 10.4. The predicted octanol–water partition coefficient (Wildman–Crippen LogP) is 4.24. The van der Waals surface area contributed by atoms with Gasteiger partial charge in [-0.15, -0.1) is 0 Å². The minimum Gasteiger partial charge on any atom is -0.508 e. The zero-order valence-electron chi connectivity index (χ0n) is 24.7. The summed E-state index contributed by atoms with van der Waals surface area (Å²) in [6, 6.07) is 8.59. The van der Waals surface area contributed by atoms with Crippen LogP contribution in [-0.2, 0) is 6.42 Å². The first kappa shape index (κ1) is 27.7.